The number of quaternary nitrogens is 1. The SMILES string of the molecule is Cc1ccc(CNC(=O)C2CC[NH+](Cc3ccccc3O)CC2)cc1. The number of carbonyl (C=O) groups is 1. The van der Waals surface area contributed by atoms with Gasteiger partial charge in [0.15, 0.2) is 0 Å². The van der Waals surface area contributed by atoms with Crippen molar-refractivity contribution >= 4 is 5.91 Å². The van der Waals surface area contributed by atoms with Crippen LogP contribution in [0.3, 0.4) is 0 Å². The average Bonchev–Trinajstić information content (AvgIpc) is 2.63. The third kappa shape index (κ3) is 4.83. The van der Waals surface area contributed by atoms with E-state index in [-0.39, 0.29) is 11.8 Å². The second-order valence-corrected chi connectivity index (χ2v) is 7.03. The van der Waals surface area contributed by atoms with E-state index in [0.717, 1.165) is 43.6 Å². The van der Waals surface area contributed by atoms with E-state index in [4.69, 9.17) is 0 Å². The summed E-state index contributed by atoms with van der Waals surface area (Å²) >= 11 is 0. The molecule has 1 amide bonds. The second-order valence-electron chi connectivity index (χ2n) is 7.03. The molecule has 3 rings (SSSR count). The molecule has 132 valence electrons. The van der Waals surface area contributed by atoms with E-state index in [2.05, 4.69) is 36.5 Å². The van der Waals surface area contributed by atoms with Crippen molar-refractivity contribution in [1.29, 1.82) is 0 Å². The van der Waals surface area contributed by atoms with Gasteiger partial charge in [0.2, 0.25) is 5.91 Å². The summed E-state index contributed by atoms with van der Waals surface area (Å²) in [6.07, 6.45) is 1.81. The number of nitrogens with one attached hydrogen (secondary N) is 2. The number of aromatic hydroxyl groups is 1. The zero-order chi connectivity index (χ0) is 17.6. The number of hydrogen-bond donors (Lipinski definition) is 3. The van der Waals surface area contributed by atoms with Crippen LogP contribution in [0.25, 0.3) is 0 Å². The molecule has 4 nitrogen and oxygen atoms in total. The number of phenols is 1. The van der Waals surface area contributed by atoms with E-state index >= 15 is 0 Å². The molecule has 0 radical (unpaired) electrons. The summed E-state index contributed by atoms with van der Waals surface area (Å²) in [4.78, 5) is 13.8. The van der Waals surface area contributed by atoms with Crippen LogP contribution in [0.1, 0.15) is 29.5 Å². The summed E-state index contributed by atoms with van der Waals surface area (Å²) < 4.78 is 0. The van der Waals surface area contributed by atoms with Gasteiger partial charge >= 0.3 is 0 Å². The van der Waals surface area contributed by atoms with Crippen LogP contribution in [0.5, 0.6) is 5.75 Å². The molecule has 25 heavy (non-hydrogen) atoms. The molecule has 4 heteroatoms. The molecule has 1 aliphatic heterocycles. The van der Waals surface area contributed by atoms with Gasteiger partial charge < -0.3 is 15.3 Å². The quantitative estimate of drug-likeness (QED) is 0.778. The van der Waals surface area contributed by atoms with Gasteiger partial charge in [-0.25, -0.2) is 0 Å². The van der Waals surface area contributed by atoms with Crippen LogP contribution in [0.2, 0.25) is 0 Å². The van der Waals surface area contributed by atoms with Crippen LogP contribution < -0.4 is 10.2 Å². The van der Waals surface area contributed by atoms with Crippen molar-refractivity contribution in [3.8, 4) is 5.75 Å². The topological polar surface area (TPSA) is 53.8 Å². The largest absolute Gasteiger partial charge is 0.507 e. The maximum Gasteiger partial charge on any atom is 0.223 e. The standard InChI is InChI=1S/C21H26N2O2/c1-16-6-8-17(9-7-16)14-22-21(25)18-10-12-23(13-11-18)15-19-4-2-3-5-20(19)24/h2-9,18,24H,10-15H2,1H3,(H,22,25)/p+1. The smallest absolute Gasteiger partial charge is 0.223 e. The fraction of sp³-hybridized carbons (Fsp3) is 0.381. The van der Waals surface area contributed by atoms with Crippen molar-refractivity contribution in [3.05, 3.63) is 65.2 Å². The second kappa shape index (κ2) is 8.17. The molecule has 0 aromatic heterocycles. The first kappa shape index (κ1) is 17.5. The molecular formula is C21H27N2O2+. The molecule has 0 atom stereocenters. The van der Waals surface area contributed by atoms with Crippen LogP contribution in [-0.4, -0.2) is 24.1 Å². The van der Waals surface area contributed by atoms with Crippen molar-refractivity contribution in [1.82, 2.24) is 5.32 Å². The molecule has 2 aromatic rings. The first-order valence-corrected chi connectivity index (χ1v) is 9.05. The molecule has 0 unspecified atom stereocenters. The van der Waals surface area contributed by atoms with Crippen LogP contribution in [0.15, 0.2) is 48.5 Å². The fourth-order valence-corrected chi connectivity index (χ4v) is 3.43. The summed E-state index contributed by atoms with van der Waals surface area (Å²) in [6.45, 7) is 5.43. The maximum atomic E-state index is 12.4. The van der Waals surface area contributed by atoms with Crippen LogP contribution in [-0.2, 0) is 17.9 Å². The number of likely N-dealkylation sites (tertiary alicyclic amines) is 1. The number of piperidine rings is 1. The Morgan fingerprint density at radius 3 is 2.48 bits per heavy atom. The number of rotatable bonds is 5. The van der Waals surface area contributed by atoms with Crippen LogP contribution >= 0.6 is 0 Å². The summed E-state index contributed by atoms with van der Waals surface area (Å²) in [6, 6.07) is 15.8. The van der Waals surface area contributed by atoms with Gasteiger partial charge in [-0.05, 0) is 24.6 Å². The van der Waals surface area contributed by atoms with E-state index in [9.17, 15) is 9.90 Å². The summed E-state index contributed by atoms with van der Waals surface area (Å²) in [5.41, 5.74) is 3.36. The highest BCUT2D eigenvalue weighted by Crippen LogP contribution is 2.15. The van der Waals surface area contributed by atoms with Gasteiger partial charge in [-0.1, -0.05) is 42.0 Å². The van der Waals surface area contributed by atoms with Gasteiger partial charge in [-0.15, -0.1) is 0 Å². The van der Waals surface area contributed by atoms with E-state index in [0.29, 0.717) is 12.3 Å². The van der Waals surface area contributed by atoms with Crippen molar-refractivity contribution in [2.45, 2.75) is 32.9 Å². The zero-order valence-electron chi connectivity index (χ0n) is 14.8. The van der Waals surface area contributed by atoms with Crippen LogP contribution in [0.4, 0.5) is 0 Å². The lowest BCUT2D eigenvalue weighted by Crippen LogP contribution is -3.11. The Morgan fingerprint density at radius 2 is 1.80 bits per heavy atom. The van der Waals surface area contributed by atoms with Gasteiger partial charge in [0.25, 0.3) is 0 Å². The van der Waals surface area contributed by atoms with E-state index in [1.807, 2.05) is 18.2 Å². The highest BCUT2D eigenvalue weighted by atomic mass is 16.3. The number of hydrogen-bond acceptors (Lipinski definition) is 2. The molecule has 0 saturated carbocycles. The number of carbonyl (C=O) groups excluding carboxylic acids is 1. The first-order valence-electron chi connectivity index (χ1n) is 9.05. The van der Waals surface area contributed by atoms with E-state index < -0.39 is 0 Å². The molecule has 1 heterocycles. The Kier molecular flexibility index (Phi) is 5.71. The molecule has 1 aliphatic rings. The molecule has 0 aliphatic carbocycles. The lowest BCUT2D eigenvalue weighted by Gasteiger charge is -2.28. The molecular weight excluding hydrogens is 312 g/mol. The Hall–Kier alpha value is -2.33. The molecule has 3 N–H and O–H groups in total. The van der Waals surface area contributed by atoms with E-state index in [1.165, 1.54) is 10.5 Å². The van der Waals surface area contributed by atoms with Gasteiger partial charge in [-0.2, -0.15) is 0 Å². The zero-order valence-corrected chi connectivity index (χ0v) is 14.8. The molecule has 0 bridgehead atoms. The number of amides is 1. The fourth-order valence-electron chi connectivity index (χ4n) is 3.43. The number of benzene rings is 2. The predicted molar refractivity (Wildman–Crippen MR) is 98.3 cm³/mol. The molecule has 1 fully saturated rings. The van der Waals surface area contributed by atoms with Gasteiger partial charge in [0.05, 0.1) is 13.1 Å². The Labute approximate surface area is 149 Å². The molecule has 1 saturated heterocycles. The van der Waals surface area contributed by atoms with Crippen LogP contribution in [0, 0.1) is 12.8 Å². The average molecular weight is 339 g/mol. The highest BCUT2D eigenvalue weighted by Gasteiger charge is 2.27. The number of aryl methyl sites for hydroxylation is 1. The maximum absolute atomic E-state index is 12.4. The Balaban J connectivity index is 1.44. The minimum absolute atomic E-state index is 0.110. The monoisotopic (exact) mass is 339 g/mol. The number of para-hydroxylation sites is 1. The number of phenolic OH excluding ortho intramolecular Hbond substituents is 1. The lowest BCUT2D eigenvalue weighted by molar-refractivity contribution is -0.919. The minimum atomic E-state index is 0.110. The molecule has 2 aromatic carbocycles. The van der Waals surface area contributed by atoms with Gasteiger partial charge in [0.1, 0.15) is 12.3 Å². The van der Waals surface area contributed by atoms with E-state index in [1.54, 1.807) is 6.07 Å². The van der Waals surface area contributed by atoms with Crippen molar-refractivity contribution in [3.63, 3.8) is 0 Å². The third-order valence-electron chi connectivity index (χ3n) is 5.08. The van der Waals surface area contributed by atoms with Gasteiger partial charge in [-0.3, -0.25) is 4.79 Å². The van der Waals surface area contributed by atoms with Crippen molar-refractivity contribution in [2.24, 2.45) is 5.92 Å². The Morgan fingerprint density at radius 1 is 1.12 bits per heavy atom. The van der Waals surface area contributed by atoms with Crippen molar-refractivity contribution in [2.75, 3.05) is 13.1 Å². The highest BCUT2D eigenvalue weighted by molar-refractivity contribution is 5.78. The predicted octanol–water partition coefficient (Wildman–Crippen LogP) is 1.81. The summed E-state index contributed by atoms with van der Waals surface area (Å²) in [7, 11) is 0. The van der Waals surface area contributed by atoms with Gasteiger partial charge in [0, 0.05) is 30.9 Å². The Bertz CT molecular complexity index is 704. The lowest BCUT2D eigenvalue weighted by atomic mass is 9.95. The normalized spacial score (nSPS) is 20.2. The third-order valence-corrected chi connectivity index (χ3v) is 5.08. The van der Waals surface area contributed by atoms with Crippen molar-refractivity contribution < 1.29 is 14.8 Å². The summed E-state index contributed by atoms with van der Waals surface area (Å²) in [5, 5.41) is 13.0. The first-order chi connectivity index (χ1) is 12.1. The molecule has 0 spiro atoms. The summed E-state index contributed by atoms with van der Waals surface area (Å²) in [5.74, 6) is 0.647. The minimum Gasteiger partial charge on any atom is -0.507 e.